The first-order valence-corrected chi connectivity index (χ1v) is 6.26. The molecule has 5 heteroatoms. The largest absolute Gasteiger partial charge is 0.492 e. The molecule has 0 heterocycles. The van der Waals surface area contributed by atoms with Gasteiger partial charge in [-0.25, -0.2) is 0 Å². The van der Waals surface area contributed by atoms with Gasteiger partial charge in [-0.1, -0.05) is 17.7 Å². The summed E-state index contributed by atoms with van der Waals surface area (Å²) in [6, 6.07) is 7.60. The first-order chi connectivity index (χ1) is 9.04. The van der Waals surface area contributed by atoms with Crippen LogP contribution in [0.25, 0.3) is 0 Å². The Bertz CT molecular complexity index is 477. The molecule has 0 aliphatic heterocycles. The molecule has 19 heavy (non-hydrogen) atoms. The number of ether oxygens (including phenoxy) is 1. The molecule has 0 saturated heterocycles. The van der Waals surface area contributed by atoms with E-state index < -0.39 is 17.3 Å². The van der Waals surface area contributed by atoms with Crippen molar-refractivity contribution in [2.75, 3.05) is 13.2 Å². The van der Waals surface area contributed by atoms with Gasteiger partial charge >= 0.3 is 5.97 Å². The van der Waals surface area contributed by atoms with Crippen LogP contribution >= 0.6 is 0 Å². The van der Waals surface area contributed by atoms with Gasteiger partial charge in [0.05, 0.1) is 6.54 Å². The van der Waals surface area contributed by atoms with E-state index in [2.05, 4.69) is 5.32 Å². The molecule has 1 saturated carbocycles. The zero-order valence-corrected chi connectivity index (χ0v) is 10.8. The summed E-state index contributed by atoms with van der Waals surface area (Å²) in [6.45, 7) is 2.62. The van der Waals surface area contributed by atoms with E-state index in [1.165, 1.54) is 0 Å². The van der Waals surface area contributed by atoms with Crippen LogP contribution in [0.4, 0.5) is 0 Å². The number of nitrogens with one attached hydrogen (secondary N) is 1. The number of carboxylic acid groups (broad SMARTS) is 1. The van der Waals surface area contributed by atoms with Gasteiger partial charge in [0, 0.05) is 0 Å². The Morgan fingerprint density at radius 1 is 1.32 bits per heavy atom. The van der Waals surface area contributed by atoms with Crippen molar-refractivity contribution in [1.82, 2.24) is 5.32 Å². The lowest BCUT2D eigenvalue weighted by molar-refractivity contribution is -0.149. The Morgan fingerprint density at radius 3 is 2.47 bits per heavy atom. The number of aryl methyl sites for hydroxylation is 1. The van der Waals surface area contributed by atoms with Crippen LogP contribution in [0.5, 0.6) is 5.75 Å². The maximum absolute atomic E-state index is 11.7. The van der Waals surface area contributed by atoms with E-state index in [4.69, 9.17) is 9.84 Å². The van der Waals surface area contributed by atoms with E-state index in [0.717, 1.165) is 11.3 Å². The van der Waals surface area contributed by atoms with E-state index in [0.29, 0.717) is 26.0 Å². The molecule has 2 rings (SSSR count). The van der Waals surface area contributed by atoms with Gasteiger partial charge in [-0.15, -0.1) is 0 Å². The minimum absolute atomic E-state index is 0.307. The number of rotatable bonds is 6. The van der Waals surface area contributed by atoms with E-state index in [-0.39, 0.29) is 0 Å². The van der Waals surface area contributed by atoms with Crippen molar-refractivity contribution >= 4 is 11.9 Å². The van der Waals surface area contributed by atoms with Crippen molar-refractivity contribution < 1.29 is 19.4 Å². The monoisotopic (exact) mass is 263 g/mol. The molecule has 1 aliphatic rings. The lowest BCUT2D eigenvalue weighted by Gasteiger charge is -2.11. The highest BCUT2D eigenvalue weighted by atomic mass is 16.5. The van der Waals surface area contributed by atoms with E-state index in [9.17, 15) is 9.59 Å². The molecule has 1 fully saturated rings. The van der Waals surface area contributed by atoms with Crippen LogP contribution in [0, 0.1) is 12.3 Å². The molecule has 0 radical (unpaired) electrons. The third-order valence-electron chi connectivity index (χ3n) is 3.27. The van der Waals surface area contributed by atoms with Crippen LogP contribution in [0.3, 0.4) is 0 Å². The SMILES string of the molecule is Cc1ccc(OCCNC(=O)C2(C(=O)O)CC2)cc1. The number of hydrogen-bond acceptors (Lipinski definition) is 3. The van der Waals surface area contributed by atoms with Crippen molar-refractivity contribution in [1.29, 1.82) is 0 Å². The van der Waals surface area contributed by atoms with E-state index >= 15 is 0 Å². The topological polar surface area (TPSA) is 75.6 Å². The fraction of sp³-hybridized carbons (Fsp3) is 0.429. The average molecular weight is 263 g/mol. The standard InChI is InChI=1S/C14H17NO4/c1-10-2-4-11(5-3-10)19-9-8-15-12(16)14(6-7-14)13(17)18/h2-5H,6-9H2,1H3,(H,15,16)(H,17,18). The average Bonchev–Trinajstić information content (AvgIpc) is 3.18. The highest BCUT2D eigenvalue weighted by Gasteiger charge is 2.56. The zero-order chi connectivity index (χ0) is 13.9. The number of benzene rings is 1. The van der Waals surface area contributed by atoms with Gasteiger partial charge < -0.3 is 15.2 Å². The summed E-state index contributed by atoms with van der Waals surface area (Å²) in [5.41, 5.74) is -0.0260. The minimum atomic E-state index is -1.18. The first-order valence-electron chi connectivity index (χ1n) is 6.26. The fourth-order valence-corrected chi connectivity index (χ4v) is 1.80. The second-order valence-corrected chi connectivity index (χ2v) is 4.80. The quantitative estimate of drug-likeness (QED) is 0.600. The van der Waals surface area contributed by atoms with Crippen LogP contribution < -0.4 is 10.1 Å². The second kappa shape index (κ2) is 5.30. The Balaban J connectivity index is 1.71. The summed E-state index contributed by atoms with van der Waals surface area (Å²) in [4.78, 5) is 22.6. The third kappa shape index (κ3) is 3.05. The molecule has 1 aromatic rings. The molecule has 1 amide bonds. The van der Waals surface area contributed by atoms with Gasteiger partial charge in [0.25, 0.3) is 0 Å². The molecule has 1 aliphatic carbocycles. The predicted molar refractivity (Wildman–Crippen MR) is 69.0 cm³/mol. The van der Waals surface area contributed by atoms with Gasteiger partial charge in [0.1, 0.15) is 17.8 Å². The molecule has 2 N–H and O–H groups in total. The maximum Gasteiger partial charge on any atom is 0.319 e. The molecule has 0 aromatic heterocycles. The van der Waals surface area contributed by atoms with Crippen molar-refractivity contribution in [3.05, 3.63) is 29.8 Å². The molecule has 102 valence electrons. The van der Waals surface area contributed by atoms with Gasteiger partial charge in [-0.3, -0.25) is 9.59 Å². The fourth-order valence-electron chi connectivity index (χ4n) is 1.80. The molecule has 0 atom stereocenters. The Kier molecular flexibility index (Phi) is 3.74. The Labute approximate surface area is 111 Å². The summed E-state index contributed by atoms with van der Waals surface area (Å²) in [5.74, 6) is -0.712. The predicted octanol–water partition coefficient (Wildman–Crippen LogP) is 1.35. The lowest BCUT2D eigenvalue weighted by atomic mass is 10.1. The number of amides is 1. The normalized spacial score (nSPS) is 15.6. The number of carboxylic acids is 1. The molecule has 1 aromatic carbocycles. The number of aliphatic carboxylic acids is 1. The molecule has 5 nitrogen and oxygen atoms in total. The second-order valence-electron chi connectivity index (χ2n) is 4.80. The van der Waals surface area contributed by atoms with Crippen LogP contribution in [0.1, 0.15) is 18.4 Å². The smallest absolute Gasteiger partial charge is 0.319 e. The lowest BCUT2D eigenvalue weighted by Crippen LogP contribution is -2.38. The minimum Gasteiger partial charge on any atom is -0.492 e. The van der Waals surface area contributed by atoms with Crippen molar-refractivity contribution in [2.24, 2.45) is 5.41 Å². The summed E-state index contributed by atoms with van der Waals surface area (Å²) < 4.78 is 5.44. The summed E-state index contributed by atoms with van der Waals surface area (Å²) in [6.07, 6.45) is 0.847. The van der Waals surface area contributed by atoms with Crippen LogP contribution in [0.15, 0.2) is 24.3 Å². The molecule has 0 spiro atoms. The molecule has 0 unspecified atom stereocenters. The van der Waals surface area contributed by atoms with Crippen LogP contribution in [-0.2, 0) is 9.59 Å². The molecular weight excluding hydrogens is 246 g/mol. The number of hydrogen-bond donors (Lipinski definition) is 2. The number of carbonyl (C=O) groups is 2. The molecule has 0 bridgehead atoms. The summed E-state index contributed by atoms with van der Waals surface area (Å²) >= 11 is 0. The summed E-state index contributed by atoms with van der Waals surface area (Å²) in [7, 11) is 0. The molecular formula is C14H17NO4. The van der Waals surface area contributed by atoms with E-state index in [1.54, 1.807) is 0 Å². The van der Waals surface area contributed by atoms with Gasteiger partial charge in [-0.05, 0) is 31.9 Å². The first kappa shape index (κ1) is 13.4. The van der Waals surface area contributed by atoms with Crippen LogP contribution in [0.2, 0.25) is 0 Å². The van der Waals surface area contributed by atoms with Gasteiger partial charge in [-0.2, -0.15) is 0 Å². The zero-order valence-electron chi connectivity index (χ0n) is 10.8. The van der Waals surface area contributed by atoms with Crippen molar-refractivity contribution in [3.8, 4) is 5.75 Å². The van der Waals surface area contributed by atoms with Gasteiger partial charge in [0.2, 0.25) is 5.91 Å². The summed E-state index contributed by atoms with van der Waals surface area (Å²) in [5, 5.41) is 11.5. The van der Waals surface area contributed by atoms with Crippen molar-refractivity contribution in [2.45, 2.75) is 19.8 Å². The van der Waals surface area contributed by atoms with E-state index in [1.807, 2.05) is 31.2 Å². The number of carbonyl (C=O) groups excluding carboxylic acids is 1. The maximum atomic E-state index is 11.7. The highest BCUT2D eigenvalue weighted by Crippen LogP contribution is 2.45. The van der Waals surface area contributed by atoms with Crippen LogP contribution in [-0.4, -0.2) is 30.1 Å². The van der Waals surface area contributed by atoms with Gasteiger partial charge in [0.15, 0.2) is 0 Å². The Morgan fingerprint density at radius 2 is 1.95 bits per heavy atom. The highest BCUT2D eigenvalue weighted by molar-refractivity contribution is 6.04. The Hall–Kier alpha value is -2.04. The third-order valence-corrected chi connectivity index (χ3v) is 3.27. The van der Waals surface area contributed by atoms with Crippen molar-refractivity contribution in [3.63, 3.8) is 0 Å².